The van der Waals surface area contributed by atoms with E-state index in [2.05, 4.69) is 4.74 Å². The van der Waals surface area contributed by atoms with Crippen LogP contribution in [-0.4, -0.2) is 32.1 Å². The smallest absolute Gasteiger partial charge is 0.335 e. The van der Waals surface area contributed by atoms with Crippen molar-refractivity contribution in [2.45, 2.75) is 19.8 Å². The molecule has 3 heteroatoms. The Morgan fingerprint density at radius 2 is 2.08 bits per heavy atom. The van der Waals surface area contributed by atoms with Crippen LogP contribution in [0.1, 0.15) is 19.8 Å². The standard InChI is InChI=1S/C9H17NO2/c1-5-6-8(7-10(2)3)9(11)12-4/h7H,5-6H2,1-4H3. The lowest BCUT2D eigenvalue weighted by Crippen LogP contribution is -2.10. The van der Waals surface area contributed by atoms with Crippen molar-refractivity contribution in [3.05, 3.63) is 11.8 Å². The highest BCUT2D eigenvalue weighted by molar-refractivity contribution is 5.88. The molecule has 0 aromatic rings. The maximum Gasteiger partial charge on any atom is 0.335 e. The van der Waals surface area contributed by atoms with Crippen LogP contribution < -0.4 is 0 Å². The molecule has 0 rings (SSSR count). The number of rotatable bonds is 4. The van der Waals surface area contributed by atoms with Crippen LogP contribution in [0.15, 0.2) is 11.8 Å². The Hall–Kier alpha value is -0.990. The molecule has 0 aromatic heterocycles. The fourth-order valence-electron chi connectivity index (χ4n) is 0.931. The van der Waals surface area contributed by atoms with Crippen LogP contribution in [0.5, 0.6) is 0 Å². The van der Waals surface area contributed by atoms with Gasteiger partial charge in [-0.3, -0.25) is 0 Å². The quantitative estimate of drug-likeness (QED) is 0.473. The second kappa shape index (κ2) is 5.63. The molecule has 0 unspecified atom stereocenters. The Labute approximate surface area is 74.0 Å². The molecule has 0 aliphatic carbocycles. The van der Waals surface area contributed by atoms with Crippen LogP contribution in [0.2, 0.25) is 0 Å². The van der Waals surface area contributed by atoms with Gasteiger partial charge in [-0.15, -0.1) is 0 Å². The minimum atomic E-state index is -0.231. The zero-order chi connectivity index (χ0) is 9.56. The summed E-state index contributed by atoms with van der Waals surface area (Å²) in [7, 11) is 5.18. The molecule has 0 aliphatic rings. The molecule has 0 radical (unpaired) electrons. The van der Waals surface area contributed by atoms with Gasteiger partial charge in [0.25, 0.3) is 0 Å². The van der Waals surface area contributed by atoms with Gasteiger partial charge in [-0.25, -0.2) is 4.79 Å². The summed E-state index contributed by atoms with van der Waals surface area (Å²) in [5.74, 6) is -0.231. The predicted molar refractivity (Wildman–Crippen MR) is 48.7 cm³/mol. The summed E-state index contributed by atoms with van der Waals surface area (Å²) in [5, 5.41) is 0. The lowest BCUT2D eigenvalue weighted by atomic mass is 10.1. The first-order chi connectivity index (χ1) is 5.61. The van der Waals surface area contributed by atoms with E-state index < -0.39 is 0 Å². The van der Waals surface area contributed by atoms with Gasteiger partial charge >= 0.3 is 5.97 Å². The van der Waals surface area contributed by atoms with Crippen molar-refractivity contribution in [3.8, 4) is 0 Å². The van der Waals surface area contributed by atoms with Crippen molar-refractivity contribution in [3.63, 3.8) is 0 Å². The maximum absolute atomic E-state index is 11.1. The van der Waals surface area contributed by atoms with Crippen molar-refractivity contribution >= 4 is 5.97 Å². The number of carbonyl (C=O) groups excluding carboxylic acids is 1. The van der Waals surface area contributed by atoms with Crippen LogP contribution in [0, 0.1) is 0 Å². The van der Waals surface area contributed by atoms with Gasteiger partial charge in [0.15, 0.2) is 0 Å². The number of methoxy groups -OCH3 is 1. The molecule has 0 aliphatic heterocycles. The number of ether oxygens (including phenoxy) is 1. The highest BCUT2D eigenvalue weighted by Gasteiger charge is 2.07. The van der Waals surface area contributed by atoms with Crippen LogP contribution >= 0.6 is 0 Å². The molecule has 0 aromatic carbocycles. The Balaban J connectivity index is 4.31. The molecular formula is C9H17NO2. The Bertz CT molecular complexity index is 173. The summed E-state index contributed by atoms with van der Waals surface area (Å²) in [5.41, 5.74) is 0.727. The van der Waals surface area contributed by atoms with Gasteiger partial charge in [0, 0.05) is 20.3 Å². The molecule has 0 bridgehead atoms. The third-order valence-electron chi connectivity index (χ3n) is 1.38. The molecule has 0 N–H and O–H groups in total. The fraction of sp³-hybridized carbons (Fsp3) is 0.667. The first-order valence-electron chi connectivity index (χ1n) is 4.07. The largest absolute Gasteiger partial charge is 0.466 e. The Kier molecular flexibility index (Phi) is 5.17. The second-order valence-electron chi connectivity index (χ2n) is 2.86. The summed E-state index contributed by atoms with van der Waals surface area (Å²) in [6.07, 6.45) is 3.52. The molecule has 0 saturated heterocycles. The van der Waals surface area contributed by atoms with E-state index in [1.165, 1.54) is 7.11 Å². The zero-order valence-electron chi connectivity index (χ0n) is 8.26. The van der Waals surface area contributed by atoms with Gasteiger partial charge < -0.3 is 9.64 Å². The van der Waals surface area contributed by atoms with Gasteiger partial charge in [-0.1, -0.05) is 13.3 Å². The normalized spacial score (nSPS) is 11.2. The lowest BCUT2D eigenvalue weighted by molar-refractivity contribution is -0.136. The molecule has 0 saturated carbocycles. The van der Waals surface area contributed by atoms with Gasteiger partial charge in [0.1, 0.15) is 0 Å². The third-order valence-corrected chi connectivity index (χ3v) is 1.38. The summed E-state index contributed by atoms with van der Waals surface area (Å²) in [6, 6.07) is 0. The predicted octanol–water partition coefficient (Wildman–Crippen LogP) is 1.41. The third kappa shape index (κ3) is 4.01. The Morgan fingerprint density at radius 3 is 2.42 bits per heavy atom. The number of nitrogens with zero attached hydrogens (tertiary/aromatic N) is 1. The molecule has 0 atom stereocenters. The molecule has 3 nitrogen and oxygen atoms in total. The molecule has 70 valence electrons. The number of hydrogen-bond donors (Lipinski definition) is 0. The molecule has 0 fully saturated rings. The van der Waals surface area contributed by atoms with Crippen LogP contribution in [-0.2, 0) is 9.53 Å². The highest BCUT2D eigenvalue weighted by Crippen LogP contribution is 2.06. The summed E-state index contributed by atoms with van der Waals surface area (Å²) in [4.78, 5) is 13.0. The topological polar surface area (TPSA) is 29.5 Å². The van der Waals surface area contributed by atoms with Crippen LogP contribution in [0.3, 0.4) is 0 Å². The van der Waals surface area contributed by atoms with Gasteiger partial charge in [-0.05, 0) is 6.42 Å². The summed E-state index contributed by atoms with van der Waals surface area (Å²) >= 11 is 0. The molecule has 0 amide bonds. The van der Waals surface area contributed by atoms with E-state index in [1.807, 2.05) is 25.9 Å². The van der Waals surface area contributed by atoms with Crippen molar-refractivity contribution in [1.82, 2.24) is 4.90 Å². The summed E-state index contributed by atoms with van der Waals surface area (Å²) < 4.78 is 4.63. The second-order valence-corrected chi connectivity index (χ2v) is 2.86. The van der Waals surface area contributed by atoms with E-state index >= 15 is 0 Å². The molecule has 0 spiro atoms. The fourth-order valence-corrected chi connectivity index (χ4v) is 0.931. The van der Waals surface area contributed by atoms with Crippen molar-refractivity contribution < 1.29 is 9.53 Å². The first kappa shape index (κ1) is 11.0. The van der Waals surface area contributed by atoms with Crippen molar-refractivity contribution in [1.29, 1.82) is 0 Å². The maximum atomic E-state index is 11.1. The van der Waals surface area contributed by atoms with E-state index in [0.717, 1.165) is 18.4 Å². The lowest BCUT2D eigenvalue weighted by Gasteiger charge is -2.09. The summed E-state index contributed by atoms with van der Waals surface area (Å²) in [6.45, 7) is 2.03. The number of esters is 1. The molecule has 0 heterocycles. The molecular weight excluding hydrogens is 154 g/mol. The average molecular weight is 171 g/mol. The van der Waals surface area contributed by atoms with E-state index in [1.54, 1.807) is 6.20 Å². The Morgan fingerprint density at radius 1 is 1.50 bits per heavy atom. The van der Waals surface area contributed by atoms with E-state index in [0.29, 0.717) is 0 Å². The van der Waals surface area contributed by atoms with Gasteiger partial charge in [0.05, 0.1) is 12.7 Å². The number of carbonyl (C=O) groups is 1. The van der Waals surface area contributed by atoms with E-state index in [4.69, 9.17) is 0 Å². The monoisotopic (exact) mass is 171 g/mol. The van der Waals surface area contributed by atoms with E-state index in [-0.39, 0.29) is 5.97 Å². The SMILES string of the molecule is CCCC(=CN(C)C)C(=O)OC. The average Bonchev–Trinajstić information content (AvgIpc) is 2.01. The highest BCUT2D eigenvalue weighted by atomic mass is 16.5. The van der Waals surface area contributed by atoms with Crippen molar-refractivity contribution in [2.75, 3.05) is 21.2 Å². The zero-order valence-corrected chi connectivity index (χ0v) is 8.26. The minimum Gasteiger partial charge on any atom is -0.466 e. The first-order valence-corrected chi connectivity index (χ1v) is 4.07. The van der Waals surface area contributed by atoms with Crippen molar-refractivity contribution in [2.24, 2.45) is 0 Å². The van der Waals surface area contributed by atoms with Gasteiger partial charge in [-0.2, -0.15) is 0 Å². The number of hydrogen-bond acceptors (Lipinski definition) is 3. The van der Waals surface area contributed by atoms with E-state index in [9.17, 15) is 4.79 Å². The van der Waals surface area contributed by atoms with Crippen LogP contribution in [0.25, 0.3) is 0 Å². The van der Waals surface area contributed by atoms with Crippen LogP contribution in [0.4, 0.5) is 0 Å². The van der Waals surface area contributed by atoms with Gasteiger partial charge in [0.2, 0.25) is 0 Å². The molecule has 12 heavy (non-hydrogen) atoms. The minimum absolute atomic E-state index is 0.231.